The SMILES string of the molecule is CCC[C@@H]1NCCN([C@@H](CCC)C(=O)N2CCC(CC(N)=O)CC2)C1=O. The van der Waals surface area contributed by atoms with Crippen LogP contribution in [0.25, 0.3) is 0 Å². The predicted octanol–water partition coefficient (Wildman–Crippen LogP) is 0.870. The van der Waals surface area contributed by atoms with Gasteiger partial charge in [-0.25, -0.2) is 0 Å². The summed E-state index contributed by atoms with van der Waals surface area (Å²) in [6.45, 7) is 6.75. The first-order valence-corrected chi connectivity index (χ1v) is 10.1. The van der Waals surface area contributed by atoms with Gasteiger partial charge in [-0.1, -0.05) is 26.7 Å². The van der Waals surface area contributed by atoms with E-state index in [0.29, 0.717) is 32.5 Å². The van der Waals surface area contributed by atoms with Gasteiger partial charge in [-0.2, -0.15) is 0 Å². The second-order valence-electron chi connectivity index (χ2n) is 7.57. The van der Waals surface area contributed by atoms with Gasteiger partial charge in [0.15, 0.2) is 0 Å². The summed E-state index contributed by atoms with van der Waals surface area (Å²) in [6, 6.07) is -0.524. The molecule has 2 saturated heterocycles. The van der Waals surface area contributed by atoms with E-state index in [-0.39, 0.29) is 35.7 Å². The summed E-state index contributed by atoms with van der Waals surface area (Å²) in [5, 5.41) is 3.28. The Bertz CT molecular complexity index is 501. The molecule has 2 atom stereocenters. The minimum Gasteiger partial charge on any atom is -0.370 e. The van der Waals surface area contributed by atoms with Crippen LogP contribution in [0, 0.1) is 5.92 Å². The van der Waals surface area contributed by atoms with E-state index in [2.05, 4.69) is 19.2 Å². The van der Waals surface area contributed by atoms with Crippen molar-refractivity contribution >= 4 is 17.7 Å². The third-order valence-electron chi connectivity index (χ3n) is 5.54. The van der Waals surface area contributed by atoms with Gasteiger partial charge in [0, 0.05) is 32.6 Å². The van der Waals surface area contributed by atoms with Crippen molar-refractivity contribution in [3.8, 4) is 0 Å². The monoisotopic (exact) mass is 366 g/mol. The lowest BCUT2D eigenvalue weighted by atomic mass is 9.92. The number of rotatable bonds is 8. The third kappa shape index (κ3) is 5.19. The number of hydrogen-bond donors (Lipinski definition) is 2. The Balaban J connectivity index is 2.01. The molecule has 3 amide bonds. The zero-order chi connectivity index (χ0) is 19.1. The number of piperazine rings is 1. The minimum atomic E-state index is -0.360. The van der Waals surface area contributed by atoms with E-state index in [1.165, 1.54) is 0 Å². The van der Waals surface area contributed by atoms with E-state index >= 15 is 0 Å². The van der Waals surface area contributed by atoms with Crippen molar-refractivity contribution < 1.29 is 14.4 Å². The number of carbonyl (C=O) groups is 3. The number of nitrogens with zero attached hydrogens (tertiary/aromatic N) is 2. The molecule has 2 heterocycles. The molecule has 26 heavy (non-hydrogen) atoms. The highest BCUT2D eigenvalue weighted by Gasteiger charge is 2.38. The quantitative estimate of drug-likeness (QED) is 0.666. The molecule has 7 heteroatoms. The van der Waals surface area contributed by atoms with Crippen molar-refractivity contribution in [2.24, 2.45) is 11.7 Å². The molecule has 0 aromatic rings. The van der Waals surface area contributed by atoms with Gasteiger partial charge in [0.05, 0.1) is 6.04 Å². The van der Waals surface area contributed by atoms with Crippen LogP contribution in [0.15, 0.2) is 0 Å². The zero-order valence-electron chi connectivity index (χ0n) is 16.2. The lowest BCUT2D eigenvalue weighted by Crippen LogP contribution is -2.61. The molecule has 2 rings (SSSR count). The van der Waals surface area contributed by atoms with E-state index in [4.69, 9.17) is 5.73 Å². The van der Waals surface area contributed by atoms with Gasteiger partial charge in [0.25, 0.3) is 0 Å². The summed E-state index contributed by atoms with van der Waals surface area (Å²) < 4.78 is 0. The van der Waals surface area contributed by atoms with Crippen molar-refractivity contribution in [1.29, 1.82) is 0 Å². The first-order valence-electron chi connectivity index (χ1n) is 10.1. The highest BCUT2D eigenvalue weighted by Crippen LogP contribution is 2.23. The fourth-order valence-electron chi connectivity index (χ4n) is 4.12. The molecule has 0 unspecified atom stereocenters. The van der Waals surface area contributed by atoms with Crippen LogP contribution in [0.4, 0.5) is 0 Å². The smallest absolute Gasteiger partial charge is 0.245 e. The number of likely N-dealkylation sites (tertiary alicyclic amines) is 1. The molecule has 2 aliphatic heterocycles. The summed E-state index contributed by atoms with van der Waals surface area (Å²) in [6.07, 6.45) is 5.32. The molecule has 7 nitrogen and oxygen atoms in total. The van der Waals surface area contributed by atoms with Gasteiger partial charge in [-0.05, 0) is 31.6 Å². The van der Waals surface area contributed by atoms with Crippen LogP contribution >= 0.6 is 0 Å². The molecule has 2 fully saturated rings. The van der Waals surface area contributed by atoms with Crippen LogP contribution in [0.3, 0.4) is 0 Å². The van der Waals surface area contributed by atoms with Crippen molar-refractivity contribution in [2.45, 2.75) is 70.9 Å². The van der Waals surface area contributed by atoms with Gasteiger partial charge < -0.3 is 20.9 Å². The predicted molar refractivity (Wildman–Crippen MR) is 100 cm³/mol. The summed E-state index contributed by atoms with van der Waals surface area (Å²) in [5.41, 5.74) is 5.29. The van der Waals surface area contributed by atoms with Crippen molar-refractivity contribution in [2.75, 3.05) is 26.2 Å². The summed E-state index contributed by atoms with van der Waals surface area (Å²) in [5.74, 6) is 0.131. The molecule has 3 N–H and O–H groups in total. The second-order valence-corrected chi connectivity index (χ2v) is 7.57. The number of amides is 3. The van der Waals surface area contributed by atoms with E-state index in [0.717, 1.165) is 38.6 Å². The maximum Gasteiger partial charge on any atom is 0.245 e. The maximum atomic E-state index is 13.1. The maximum absolute atomic E-state index is 13.1. The average molecular weight is 367 g/mol. The van der Waals surface area contributed by atoms with E-state index < -0.39 is 0 Å². The molecule has 148 valence electrons. The molecule has 0 aromatic heterocycles. The summed E-state index contributed by atoms with van der Waals surface area (Å²) in [7, 11) is 0. The third-order valence-corrected chi connectivity index (χ3v) is 5.54. The molecular formula is C19H34N4O3. The molecule has 0 bridgehead atoms. The normalized spacial score (nSPS) is 23.2. The Labute approximate surface area is 156 Å². The zero-order valence-corrected chi connectivity index (χ0v) is 16.2. The van der Waals surface area contributed by atoms with Gasteiger partial charge in [0.2, 0.25) is 17.7 Å². The standard InChI is InChI=1S/C19H34N4O3/c1-3-5-15-18(25)23(12-9-21-15)16(6-4-2)19(26)22-10-7-14(8-11-22)13-17(20)24/h14-16,21H,3-13H2,1-2H3,(H2,20,24)/t15-,16-/m0/s1. The van der Waals surface area contributed by atoms with E-state index in [1.807, 2.05) is 4.90 Å². The molecule has 0 saturated carbocycles. The lowest BCUT2D eigenvalue weighted by Gasteiger charge is -2.41. The lowest BCUT2D eigenvalue weighted by molar-refractivity contribution is -0.150. The fraction of sp³-hybridized carbons (Fsp3) is 0.842. The molecule has 0 spiro atoms. The molecule has 0 radical (unpaired) electrons. The van der Waals surface area contributed by atoms with Crippen molar-refractivity contribution in [1.82, 2.24) is 15.1 Å². The van der Waals surface area contributed by atoms with Crippen LogP contribution in [0.1, 0.15) is 58.8 Å². The minimum absolute atomic E-state index is 0.0634. The molecular weight excluding hydrogens is 332 g/mol. The van der Waals surface area contributed by atoms with Crippen molar-refractivity contribution in [3.63, 3.8) is 0 Å². The Hall–Kier alpha value is -1.63. The number of piperidine rings is 1. The Kier molecular flexibility index (Phi) is 7.87. The van der Waals surface area contributed by atoms with Gasteiger partial charge >= 0.3 is 0 Å². The highest BCUT2D eigenvalue weighted by molar-refractivity contribution is 5.90. The van der Waals surface area contributed by atoms with Crippen LogP contribution in [-0.2, 0) is 14.4 Å². The topological polar surface area (TPSA) is 95.7 Å². The van der Waals surface area contributed by atoms with Gasteiger partial charge in [-0.3, -0.25) is 14.4 Å². The number of nitrogens with one attached hydrogen (secondary N) is 1. The van der Waals surface area contributed by atoms with Crippen LogP contribution in [0.5, 0.6) is 0 Å². The van der Waals surface area contributed by atoms with E-state index in [1.54, 1.807) is 4.90 Å². The second kappa shape index (κ2) is 9.90. The van der Waals surface area contributed by atoms with Crippen LogP contribution in [0.2, 0.25) is 0 Å². The number of nitrogens with two attached hydrogens (primary N) is 1. The van der Waals surface area contributed by atoms with Crippen LogP contribution in [-0.4, -0.2) is 65.8 Å². The molecule has 0 aliphatic carbocycles. The fourth-order valence-corrected chi connectivity index (χ4v) is 4.12. The number of carbonyl (C=O) groups excluding carboxylic acids is 3. The van der Waals surface area contributed by atoms with Gasteiger partial charge in [-0.15, -0.1) is 0 Å². The average Bonchev–Trinajstić information content (AvgIpc) is 2.62. The number of primary amides is 1. The first-order chi connectivity index (χ1) is 12.5. The first kappa shape index (κ1) is 20.7. The summed E-state index contributed by atoms with van der Waals surface area (Å²) >= 11 is 0. The van der Waals surface area contributed by atoms with Crippen LogP contribution < -0.4 is 11.1 Å². The Morgan fingerprint density at radius 2 is 1.88 bits per heavy atom. The number of hydrogen-bond acceptors (Lipinski definition) is 4. The van der Waals surface area contributed by atoms with E-state index in [9.17, 15) is 14.4 Å². The Morgan fingerprint density at radius 3 is 2.46 bits per heavy atom. The molecule has 2 aliphatic rings. The van der Waals surface area contributed by atoms with Crippen molar-refractivity contribution in [3.05, 3.63) is 0 Å². The summed E-state index contributed by atoms with van der Waals surface area (Å²) in [4.78, 5) is 40.8. The Morgan fingerprint density at radius 1 is 1.19 bits per heavy atom. The highest BCUT2D eigenvalue weighted by atomic mass is 16.2. The van der Waals surface area contributed by atoms with Gasteiger partial charge in [0.1, 0.15) is 6.04 Å². The largest absolute Gasteiger partial charge is 0.370 e. The molecule has 0 aromatic carbocycles.